The molecule has 16 heavy (non-hydrogen) atoms. The number of rotatable bonds is 0. The summed E-state index contributed by atoms with van der Waals surface area (Å²) in [5.41, 5.74) is 3.49. The molecule has 0 bridgehead atoms. The summed E-state index contributed by atoms with van der Waals surface area (Å²) in [4.78, 5) is 6.82. The van der Waals surface area contributed by atoms with Crippen molar-refractivity contribution in [1.82, 2.24) is 9.97 Å². The Morgan fingerprint density at radius 1 is 0.625 bits per heavy atom. The van der Waals surface area contributed by atoms with E-state index in [2.05, 4.69) is 58.5 Å². The molecule has 2 heterocycles. The minimum atomic E-state index is 1.11. The molecule has 4 aromatic rings. The van der Waals surface area contributed by atoms with Crippen molar-refractivity contribution in [2.75, 3.05) is 0 Å². The zero-order chi connectivity index (χ0) is 10.5. The number of hydrogen-bond acceptors (Lipinski definition) is 0. The van der Waals surface area contributed by atoms with E-state index in [1.54, 1.807) is 0 Å². The molecule has 2 aromatic carbocycles. The van der Waals surface area contributed by atoms with Crippen LogP contribution in [0.25, 0.3) is 32.8 Å². The van der Waals surface area contributed by atoms with Gasteiger partial charge in [0, 0.05) is 27.2 Å². The molecule has 0 saturated heterocycles. The maximum atomic E-state index is 3.41. The van der Waals surface area contributed by atoms with Crippen molar-refractivity contribution < 1.29 is 0 Å². The first kappa shape index (κ1) is 7.99. The second-order valence-corrected chi connectivity index (χ2v) is 4.09. The van der Waals surface area contributed by atoms with Crippen LogP contribution < -0.4 is 0 Å². The van der Waals surface area contributed by atoms with Crippen LogP contribution in [0, 0.1) is 0 Å². The maximum Gasteiger partial charge on any atom is 0.116 e. The van der Waals surface area contributed by atoms with Crippen LogP contribution in [0.2, 0.25) is 0 Å². The lowest BCUT2D eigenvalue weighted by Crippen LogP contribution is -1.69. The molecule has 0 unspecified atom stereocenters. The Kier molecular flexibility index (Phi) is 1.33. The topological polar surface area (TPSA) is 31.6 Å². The van der Waals surface area contributed by atoms with Gasteiger partial charge in [-0.15, -0.1) is 0 Å². The molecule has 0 amide bonds. The Bertz CT molecular complexity index is 740. The number of nitrogens with one attached hydrogen (secondary N) is 2. The molecule has 2 aromatic heterocycles. The van der Waals surface area contributed by atoms with Crippen molar-refractivity contribution in [3.8, 4) is 0 Å². The minimum Gasteiger partial charge on any atom is -0.341 e. The molecule has 2 heteroatoms. The van der Waals surface area contributed by atoms with E-state index in [1.165, 1.54) is 27.2 Å². The van der Waals surface area contributed by atoms with Crippen LogP contribution in [-0.2, 0) is 0 Å². The number of H-pyrrole nitrogens is 2. The van der Waals surface area contributed by atoms with E-state index in [-0.39, 0.29) is 0 Å². The standard InChI is InChI=1S/C14H10N2/c1-3-7-11-9(5-1)13-10-6-2-4-8-12(10)16-14(13)15-11/h1-8,15-16H. The molecule has 0 aliphatic heterocycles. The van der Waals surface area contributed by atoms with Crippen LogP contribution in [0.4, 0.5) is 0 Å². The molecule has 76 valence electrons. The Balaban J connectivity index is 2.38. The highest BCUT2D eigenvalue weighted by Crippen LogP contribution is 2.31. The summed E-state index contributed by atoms with van der Waals surface area (Å²) in [5.74, 6) is 0. The zero-order valence-electron chi connectivity index (χ0n) is 8.62. The average molecular weight is 206 g/mol. The maximum absolute atomic E-state index is 3.41. The van der Waals surface area contributed by atoms with Crippen molar-refractivity contribution in [2.24, 2.45) is 0 Å². The lowest BCUT2D eigenvalue weighted by atomic mass is 10.1. The normalized spacial score (nSPS) is 11.8. The summed E-state index contributed by atoms with van der Waals surface area (Å²) < 4.78 is 0. The van der Waals surface area contributed by atoms with E-state index in [4.69, 9.17) is 0 Å². The van der Waals surface area contributed by atoms with Crippen molar-refractivity contribution in [3.63, 3.8) is 0 Å². The fourth-order valence-corrected chi connectivity index (χ4v) is 2.46. The molecular weight excluding hydrogens is 196 g/mol. The highest BCUT2D eigenvalue weighted by Gasteiger charge is 2.09. The number of benzene rings is 2. The Hall–Kier alpha value is -2.22. The van der Waals surface area contributed by atoms with Gasteiger partial charge < -0.3 is 9.97 Å². The van der Waals surface area contributed by atoms with E-state index in [1.807, 2.05) is 0 Å². The lowest BCUT2D eigenvalue weighted by Gasteiger charge is -1.91. The smallest absolute Gasteiger partial charge is 0.116 e. The van der Waals surface area contributed by atoms with Crippen LogP contribution in [0.3, 0.4) is 0 Å². The van der Waals surface area contributed by atoms with Crippen LogP contribution in [0.5, 0.6) is 0 Å². The van der Waals surface area contributed by atoms with Crippen LogP contribution in [-0.4, -0.2) is 9.97 Å². The van der Waals surface area contributed by atoms with Crippen molar-refractivity contribution in [1.29, 1.82) is 0 Å². The summed E-state index contributed by atoms with van der Waals surface area (Å²) in [6.07, 6.45) is 0. The minimum absolute atomic E-state index is 1.11. The monoisotopic (exact) mass is 206 g/mol. The quantitative estimate of drug-likeness (QED) is 0.438. The summed E-state index contributed by atoms with van der Waals surface area (Å²) in [7, 11) is 0. The van der Waals surface area contributed by atoms with E-state index in [0.29, 0.717) is 0 Å². The molecule has 2 N–H and O–H groups in total. The summed E-state index contributed by atoms with van der Waals surface area (Å²) in [6, 6.07) is 16.8. The SMILES string of the molecule is c1ccc2c(c1)[nH]c1[nH]c3ccccc3c12. The third-order valence-corrected chi connectivity index (χ3v) is 3.16. The van der Waals surface area contributed by atoms with Gasteiger partial charge in [0.15, 0.2) is 0 Å². The second kappa shape index (κ2) is 2.67. The number of fused-ring (bicyclic) bond motifs is 5. The summed E-state index contributed by atoms with van der Waals surface area (Å²) in [5, 5.41) is 3.87. The number of aromatic nitrogens is 2. The summed E-state index contributed by atoms with van der Waals surface area (Å²) >= 11 is 0. The van der Waals surface area contributed by atoms with Crippen LogP contribution >= 0.6 is 0 Å². The van der Waals surface area contributed by atoms with Gasteiger partial charge >= 0.3 is 0 Å². The Morgan fingerprint density at radius 3 is 1.69 bits per heavy atom. The molecule has 2 nitrogen and oxygen atoms in total. The largest absolute Gasteiger partial charge is 0.341 e. The van der Waals surface area contributed by atoms with E-state index in [9.17, 15) is 0 Å². The van der Waals surface area contributed by atoms with Gasteiger partial charge in [-0.3, -0.25) is 0 Å². The average Bonchev–Trinajstić information content (AvgIpc) is 2.83. The van der Waals surface area contributed by atoms with Gasteiger partial charge in [0.2, 0.25) is 0 Å². The molecule has 4 rings (SSSR count). The second-order valence-electron chi connectivity index (χ2n) is 4.09. The van der Waals surface area contributed by atoms with Crippen LogP contribution in [0.15, 0.2) is 48.5 Å². The van der Waals surface area contributed by atoms with Gasteiger partial charge in [-0.05, 0) is 12.1 Å². The lowest BCUT2D eigenvalue weighted by molar-refractivity contribution is 1.43. The first-order valence-electron chi connectivity index (χ1n) is 5.40. The van der Waals surface area contributed by atoms with Gasteiger partial charge in [0.25, 0.3) is 0 Å². The molecule has 0 saturated carbocycles. The molecule has 0 spiro atoms. The van der Waals surface area contributed by atoms with Gasteiger partial charge in [-0.1, -0.05) is 36.4 Å². The van der Waals surface area contributed by atoms with E-state index in [0.717, 1.165) is 5.65 Å². The third kappa shape index (κ3) is 0.865. The zero-order valence-corrected chi connectivity index (χ0v) is 8.62. The highest BCUT2D eigenvalue weighted by molar-refractivity contribution is 6.19. The number of hydrogen-bond donors (Lipinski definition) is 2. The van der Waals surface area contributed by atoms with Crippen molar-refractivity contribution >= 4 is 32.8 Å². The molecule has 0 aliphatic rings. The number of aromatic amines is 2. The highest BCUT2D eigenvalue weighted by atomic mass is 14.9. The molecule has 0 radical (unpaired) electrons. The molecular formula is C14H10N2. The van der Waals surface area contributed by atoms with Crippen molar-refractivity contribution in [3.05, 3.63) is 48.5 Å². The van der Waals surface area contributed by atoms with E-state index < -0.39 is 0 Å². The van der Waals surface area contributed by atoms with Gasteiger partial charge in [-0.25, -0.2) is 0 Å². The van der Waals surface area contributed by atoms with Crippen molar-refractivity contribution in [2.45, 2.75) is 0 Å². The summed E-state index contributed by atoms with van der Waals surface area (Å²) in [6.45, 7) is 0. The first-order chi connectivity index (χ1) is 7.93. The fourth-order valence-electron chi connectivity index (χ4n) is 2.46. The fraction of sp³-hybridized carbons (Fsp3) is 0. The van der Waals surface area contributed by atoms with Gasteiger partial charge in [0.1, 0.15) is 5.65 Å². The van der Waals surface area contributed by atoms with E-state index >= 15 is 0 Å². The van der Waals surface area contributed by atoms with Crippen LogP contribution in [0.1, 0.15) is 0 Å². The predicted octanol–water partition coefficient (Wildman–Crippen LogP) is 3.80. The van der Waals surface area contributed by atoms with Gasteiger partial charge in [-0.2, -0.15) is 0 Å². The Labute approximate surface area is 91.9 Å². The Morgan fingerprint density at radius 2 is 1.12 bits per heavy atom. The predicted molar refractivity (Wildman–Crippen MR) is 67.7 cm³/mol. The molecule has 0 fully saturated rings. The van der Waals surface area contributed by atoms with Gasteiger partial charge in [0.05, 0.1) is 0 Å². The third-order valence-electron chi connectivity index (χ3n) is 3.16. The first-order valence-corrected chi connectivity index (χ1v) is 5.40. The molecule has 0 atom stereocenters. The molecule has 0 aliphatic carbocycles. The number of para-hydroxylation sites is 2.